The Morgan fingerprint density at radius 2 is 1.68 bits per heavy atom. The molecule has 1 aromatic heterocycles. The first-order chi connectivity index (χ1) is 17.8. The molecule has 1 amide bonds. The number of benzene rings is 2. The lowest BCUT2D eigenvalue weighted by Crippen LogP contribution is -2.43. The summed E-state index contributed by atoms with van der Waals surface area (Å²) >= 11 is 0. The van der Waals surface area contributed by atoms with Crippen LogP contribution in [0.25, 0.3) is 22.5 Å². The Kier molecular flexibility index (Phi) is 7.05. The summed E-state index contributed by atoms with van der Waals surface area (Å²) in [6.45, 7) is 5.69. The number of carbonyl (C=O) groups is 1. The van der Waals surface area contributed by atoms with Crippen LogP contribution in [-0.2, 0) is 21.4 Å². The zero-order valence-corrected chi connectivity index (χ0v) is 21.4. The molecule has 1 N–H and O–H groups in total. The number of amides is 1. The summed E-state index contributed by atoms with van der Waals surface area (Å²) in [6.07, 6.45) is 1.51. The normalized spacial score (nSPS) is 16.8. The van der Waals surface area contributed by atoms with E-state index in [1.54, 1.807) is 7.05 Å². The number of nitrogens with zero attached hydrogens (tertiary/aromatic N) is 4. The van der Waals surface area contributed by atoms with Gasteiger partial charge in [-0.25, -0.2) is 23.1 Å². The molecule has 0 aliphatic carbocycles. The highest BCUT2D eigenvalue weighted by Crippen LogP contribution is 2.36. The van der Waals surface area contributed by atoms with Crippen molar-refractivity contribution in [2.75, 3.05) is 31.6 Å². The van der Waals surface area contributed by atoms with Crippen molar-refractivity contribution >= 4 is 21.7 Å². The molecule has 2 aliphatic rings. The predicted molar refractivity (Wildman–Crippen MR) is 142 cm³/mol. The first kappa shape index (κ1) is 25.1. The molecule has 37 heavy (non-hydrogen) atoms. The van der Waals surface area contributed by atoms with Gasteiger partial charge >= 0.3 is 0 Å². The topological polar surface area (TPSA) is 105 Å². The van der Waals surface area contributed by atoms with Crippen LogP contribution in [0.15, 0.2) is 66.6 Å². The fraction of sp³-hybridized carbons (Fsp3) is 0.296. The molecule has 0 radical (unpaired) electrons. The average molecular weight is 520 g/mol. The molecule has 0 atom stereocenters. The zero-order valence-electron chi connectivity index (χ0n) is 20.6. The highest BCUT2D eigenvalue weighted by molar-refractivity contribution is 7.92. The number of rotatable bonds is 7. The van der Waals surface area contributed by atoms with Crippen LogP contribution < -0.4 is 14.4 Å². The van der Waals surface area contributed by atoms with Gasteiger partial charge in [0, 0.05) is 49.3 Å². The van der Waals surface area contributed by atoms with Crippen LogP contribution in [0.1, 0.15) is 18.4 Å². The van der Waals surface area contributed by atoms with Crippen LogP contribution >= 0.6 is 0 Å². The number of carbonyl (C=O) groups excluding carboxylic acids is 1. The molecule has 0 bridgehead atoms. The van der Waals surface area contributed by atoms with Gasteiger partial charge in [0.05, 0.1) is 5.69 Å². The van der Waals surface area contributed by atoms with E-state index in [4.69, 9.17) is 14.7 Å². The SMILES string of the molecule is C=CS(=O)(=O)NC1CCN(Cc2ccc(-c3nc4c(nc3-c3ccccc3)N(C)C(=O)CO4)cc2)CC1. The number of piperidine rings is 1. The van der Waals surface area contributed by atoms with E-state index in [9.17, 15) is 13.2 Å². The van der Waals surface area contributed by atoms with Crippen LogP contribution in [0.3, 0.4) is 0 Å². The largest absolute Gasteiger partial charge is 0.465 e. The molecule has 0 unspecified atom stereocenters. The maximum Gasteiger partial charge on any atom is 0.266 e. The number of likely N-dealkylation sites (N-methyl/N-ethyl adjacent to an activating group) is 1. The van der Waals surface area contributed by atoms with E-state index in [0.29, 0.717) is 23.1 Å². The highest BCUT2D eigenvalue weighted by atomic mass is 32.2. The van der Waals surface area contributed by atoms with Crippen molar-refractivity contribution in [3.8, 4) is 28.4 Å². The lowest BCUT2D eigenvalue weighted by atomic mass is 10.0. The molecule has 192 valence electrons. The quantitative estimate of drug-likeness (QED) is 0.511. The van der Waals surface area contributed by atoms with Crippen LogP contribution in [0, 0.1) is 0 Å². The van der Waals surface area contributed by atoms with Gasteiger partial charge in [0.15, 0.2) is 12.4 Å². The summed E-state index contributed by atoms with van der Waals surface area (Å²) in [4.78, 5) is 25.5. The minimum atomic E-state index is -3.41. The predicted octanol–water partition coefficient (Wildman–Crippen LogP) is 3.19. The molecule has 0 spiro atoms. The van der Waals surface area contributed by atoms with E-state index in [1.165, 1.54) is 4.90 Å². The molecule has 1 saturated heterocycles. The third-order valence-corrected chi connectivity index (χ3v) is 7.79. The van der Waals surface area contributed by atoms with Gasteiger partial charge in [0.2, 0.25) is 10.0 Å². The van der Waals surface area contributed by atoms with Gasteiger partial charge in [0.1, 0.15) is 5.69 Å². The van der Waals surface area contributed by atoms with Crippen molar-refractivity contribution in [2.45, 2.75) is 25.4 Å². The number of sulfonamides is 1. The first-order valence-corrected chi connectivity index (χ1v) is 13.7. The number of ether oxygens (including phenoxy) is 1. The van der Waals surface area contributed by atoms with E-state index in [1.807, 2.05) is 42.5 Å². The molecular weight excluding hydrogens is 490 g/mol. The van der Waals surface area contributed by atoms with Crippen LogP contribution in [-0.4, -0.2) is 62.0 Å². The fourth-order valence-corrected chi connectivity index (χ4v) is 5.38. The number of fused-ring (bicyclic) bond motifs is 1. The van der Waals surface area contributed by atoms with Gasteiger partial charge in [0.25, 0.3) is 11.8 Å². The van der Waals surface area contributed by atoms with Crippen molar-refractivity contribution in [1.29, 1.82) is 0 Å². The lowest BCUT2D eigenvalue weighted by molar-refractivity contribution is -0.121. The molecule has 1 fully saturated rings. The van der Waals surface area contributed by atoms with Crippen molar-refractivity contribution in [3.05, 3.63) is 72.1 Å². The minimum Gasteiger partial charge on any atom is -0.465 e. The molecular formula is C27H29N5O4S. The van der Waals surface area contributed by atoms with Gasteiger partial charge in [-0.05, 0) is 18.4 Å². The summed E-state index contributed by atoms with van der Waals surface area (Å²) in [5.74, 6) is 0.588. The van der Waals surface area contributed by atoms with E-state index < -0.39 is 10.0 Å². The standard InChI is InChI=1S/C27H29N5O4S/c1-3-37(34,35)30-22-13-15-32(16-14-22)17-19-9-11-21(12-10-19)25-24(20-7-5-4-6-8-20)28-26-27(29-25)36-18-23(33)31(26)2/h3-12,22,30H,1,13-18H2,2H3. The second-order valence-electron chi connectivity index (χ2n) is 9.23. The number of nitrogens with one attached hydrogen (secondary N) is 1. The van der Waals surface area contributed by atoms with E-state index in [0.717, 1.165) is 54.6 Å². The van der Waals surface area contributed by atoms with Gasteiger partial charge in [-0.3, -0.25) is 14.6 Å². The van der Waals surface area contributed by atoms with E-state index in [2.05, 4.69) is 28.3 Å². The van der Waals surface area contributed by atoms with Crippen LogP contribution in [0.2, 0.25) is 0 Å². The maximum absolute atomic E-state index is 12.1. The molecule has 2 aliphatic heterocycles. The summed E-state index contributed by atoms with van der Waals surface area (Å²) in [5, 5.41) is 0.959. The smallest absolute Gasteiger partial charge is 0.266 e. The maximum atomic E-state index is 12.1. The van der Waals surface area contributed by atoms with E-state index in [-0.39, 0.29) is 18.6 Å². The Morgan fingerprint density at radius 3 is 2.35 bits per heavy atom. The lowest BCUT2D eigenvalue weighted by Gasteiger charge is -2.32. The molecule has 3 heterocycles. The molecule has 2 aromatic carbocycles. The molecule has 9 nitrogen and oxygen atoms in total. The summed E-state index contributed by atoms with van der Waals surface area (Å²) in [5.41, 5.74) is 4.33. The van der Waals surface area contributed by atoms with Gasteiger partial charge in [-0.1, -0.05) is 61.2 Å². The molecule has 10 heteroatoms. The van der Waals surface area contributed by atoms with Crippen molar-refractivity contribution in [2.24, 2.45) is 0 Å². The van der Waals surface area contributed by atoms with Gasteiger partial charge in [-0.15, -0.1) is 0 Å². The Bertz CT molecular complexity index is 1400. The van der Waals surface area contributed by atoms with Gasteiger partial charge in [-0.2, -0.15) is 0 Å². The third kappa shape index (κ3) is 5.56. The Labute approximate surface area is 216 Å². The second-order valence-corrected chi connectivity index (χ2v) is 10.9. The van der Waals surface area contributed by atoms with Gasteiger partial charge < -0.3 is 4.74 Å². The van der Waals surface area contributed by atoms with Crippen molar-refractivity contribution in [3.63, 3.8) is 0 Å². The van der Waals surface area contributed by atoms with Crippen LogP contribution in [0.5, 0.6) is 5.88 Å². The summed E-state index contributed by atoms with van der Waals surface area (Å²) in [6, 6.07) is 17.9. The van der Waals surface area contributed by atoms with E-state index >= 15 is 0 Å². The second kappa shape index (κ2) is 10.4. The summed E-state index contributed by atoms with van der Waals surface area (Å²) < 4.78 is 31.8. The Morgan fingerprint density at radius 1 is 1.03 bits per heavy atom. The number of hydrogen-bond acceptors (Lipinski definition) is 7. The van der Waals surface area contributed by atoms with Crippen molar-refractivity contribution in [1.82, 2.24) is 19.6 Å². The fourth-order valence-electron chi connectivity index (χ4n) is 4.59. The Hall–Kier alpha value is -3.60. The third-order valence-electron chi connectivity index (χ3n) is 6.69. The Balaban J connectivity index is 1.35. The van der Waals surface area contributed by atoms with Crippen molar-refractivity contribution < 1.29 is 17.9 Å². The number of aromatic nitrogens is 2. The van der Waals surface area contributed by atoms with Crippen LogP contribution in [0.4, 0.5) is 5.82 Å². The number of hydrogen-bond donors (Lipinski definition) is 1. The summed E-state index contributed by atoms with van der Waals surface area (Å²) in [7, 11) is -1.73. The minimum absolute atomic E-state index is 0.0582. The zero-order chi connectivity index (χ0) is 26.0. The highest BCUT2D eigenvalue weighted by Gasteiger charge is 2.28. The molecule has 0 saturated carbocycles. The number of likely N-dealkylation sites (tertiary alicyclic amines) is 1. The molecule has 3 aromatic rings. The monoisotopic (exact) mass is 519 g/mol. The number of anilines is 1. The average Bonchev–Trinajstić information content (AvgIpc) is 2.92. The first-order valence-electron chi connectivity index (χ1n) is 12.2. The molecule has 5 rings (SSSR count).